The van der Waals surface area contributed by atoms with Crippen molar-refractivity contribution in [2.45, 2.75) is 13.5 Å². The Labute approximate surface area is 148 Å². The molecule has 0 aliphatic rings. The molecule has 0 spiro atoms. The number of benzene rings is 1. The molecule has 136 valence electrons. The third-order valence-electron chi connectivity index (χ3n) is 3.45. The summed E-state index contributed by atoms with van der Waals surface area (Å²) in [6.45, 7) is 1.35. The number of anilines is 1. The van der Waals surface area contributed by atoms with E-state index in [2.05, 4.69) is 19.8 Å². The second-order valence-corrected chi connectivity index (χ2v) is 5.29. The molecule has 0 bridgehead atoms. The van der Waals surface area contributed by atoms with Crippen LogP contribution in [0.3, 0.4) is 0 Å². The summed E-state index contributed by atoms with van der Waals surface area (Å²) in [6, 6.07) is 5.31. The summed E-state index contributed by atoms with van der Waals surface area (Å²) in [5.41, 5.74) is 0.417. The smallest absolute Gasteiger partial charge is 0.339 e. The number of amides is 1. The molecule has 0 aliphatic carbocycles. The number of carbonyl (C=O) groups is 3. The predicted molar refractivity (Wildman–Crippen MR) is 91.0 cm³/mol. The molecule has 0 fully saturated rings. The molecular weight excluding hydrogens is 342 g/mol. The molecule has 1 N–H and O–H groups in total. The van der Waals surface area contributed by atoms with Gasteiger partial charge in [0.2, 0.25) is 5.91 Å². The van der Waals surface area contributed by atoms with Crippen LogP contribution in [0.2, 0.25) is 0 Å². The van der Waals surface area contributed by atoms with Gasteiger partial charge in [-0.3, -0.25) is 14.2 Å². The Bertz CT molecular complexity index is 919. The SMILES string of the molecule is COC(=O)c1ccc(C(=O)OC)c(NC(=O)Cn2cnc(C)cc2=O)c1. The highest BCUT2D eigenvalue weighted by Gasteiger charge is 2.17. The maximum absolute atomic E-state index is 12.3. The van der Waals surface area contributed by atoms with Crippen LogP contribution < -0.4 is 10.9 Å². The van der Waals surface area contributed by atoms with Gasteiger partial charge >= 0.3 is 11.9 Å². The van der Waals surface area contributed by atoms with Crippen molar-refractivity contribution < 1.29 is 23.9 Å². The fourth-order valence-corrected chi connectivity index (χ4v) is 2.16. The Morgan fingerprint density at radius 1 is 1.12 bits per heavy atom. The van der Waals surface area contributed by atoms with E-state index in [1.807, 2.05) is 0 Å². The van der Waals surface area contributed by atoms with Gasteiger partial charge in [-0.25, -0.2) is 14.6 Å². The fraction of sp³-hybridized carbons (Fsp3) is 0.235. The maximum atomic E-state index is 12.3. The number of nitrogens with one attached hydrogen (secondary N) is 1. The van der Waals surface area contributed by atoms with Crippen LogP contribution in [0.1, 0.15) is 26.4 Å². The van der Waals surface area contributed by atoms with Crippen molar-refractivity contribution in [3.63, 3.8) is 0 Å². The highest BCUT2D eigenvalue weighted by molar-refractivity contribution is 6.03. The van der Waals surface area contributed by atoms with Crippen molar-refractivity contribution in [1.82, 2.24) is 9.55 Å². The van der Waals surface area contributed by atoms with Gasteiger partial charge < -0.3 is 14.8 Å². The second kappa shape index (κ2) is 8.06. The number of nitrogens with zero attached hydrogens (tertiary/aromatic N) is 2. The molecule has 2 aromatic rings. The van der Waals surface area contributed by atoms with Crippen LogP contribution in [-0.2, 0) is 20.8 Å². The molecule has 1 heterocycles. The van der Waals surface area contributed by atoms with Crippen molar-refractivity contribution >= 4 is 23.5 Å². The van der Waals surface area contributed by atoms with Gasteiger partial charge in [-0.2, -0.15) is 0 Å². The molecule has 0 atom stereocenters. The summed E-state index contributed by atoms with van der Waals surface area (Å²) < 4.78 is 10.4. The van der Waals surface area contributed by atoms with Gasteiger partial charge in [0.25, 0.3) is 5.56 Å². The van der Waals surface area contributed by atoms with E-state index in [1.54, 1.807) is 6.92 Å². The minimum atomic E-state index is -0.689. The molecule has 0 unspecified atom stereocenters. The number of esters is 2. The zero-order chi connectivity index (χ0) is 19.3. The Balaban J connectivity index is 2.30. The zero-order valence-corrected chi connectivity index (χ0v) is 14.4. The molecule has 9 heteroatoms. The molecule has 2 rings (SSSR count). The first kappa shape index (κ1) is 18.8. The lowest BCUT2D eigenvalue weighted by atomic mass is 10.1. The zero-order valence-electron chi connectivity index (χ0n) is 14.4. The number of carbonyl (C=O) groups excluding carboxylic acids is 3. The third kappa shape index (κ3) is 4.32. The number of aryl methyl sites for hydroxylation is 1. The molecule has 1 aromatic heterocycles. The van der Waals surface area contributed by atoms with Gasteiger partial charge in [0.15, 0.2) is 0 Å². The molecular formula is C17H17N3O6. The minimum absolute atomic E-state index is 0.0582. The summed E-state index contributed by atoms with van der Waals surface area (Å²) in [7, 11) is 2.41. The highest BCUT2D eigenvalue weighted by atomic mass is 16.5. The monoisotopic (exact) mass is 359 g/mol. The first-order chi connectivity index (χ1) is 12.3. The largest absolute Gasteiger partial charge is 0.465 e. The summed E-state index contributed by atoms with van der Waals surface area (Å²) in [4.78, 5) is 51.6. The molecule has 0 aliphatic heterocycles. The van der Waals surface area contributed by atoms with Crippen LogP contribution >= 0.6 is 0 Å². The van der Waals surface area contributed by atoms with Gasteiger partial charge in [-0.05, 0) is 25.1 Å². The topological polar surface area (TPSA) is 117 Å². The van der Waals surface area contributed by atoms with Gasteiger partial charge in [-0.1, -0.05) is 0 Å². The van der Waals surface area contributed by atoms with Crippen molar-refractivity contribution in [3.8, 4) is 0 Å². The van der Waals surface area contributed by atoms with Gasteiger partial charge in [0, 0.05) is 11.8 Å². The highest BCUT2D eigenvalue weighted by Crippen LogP contribution is 2.19. The maximum Gasteiger partial charge on any atom is 0.339 e. The summed E-state index contributed by atoms with van der Waals surface area (Å²) in [5, 5.41) is 2.50. The number of aromatic nitrogens is 2. The number of methoxy groups -OCH3 is 2. The minimum Gasteiger partial charge on any atom is -0.465 e. The molecule has 0 radical (unpaired) electrons. The van der Waals surface area contributed by atoms with Gasteiger partial charge in [-0.15, -0.1) is 0 Å². The van der Waals surface area contributed by atoms with Crippen LogP contribution in [-0.4, -0.2) is 41.6 Å². The summed E-state index contributed by atoms with van der Waals surface area (Å²) >= 11 is 0. The first-order valence-corrected chi connectivity index (χ1v) is 7.49. The molecule has 0 saturated carbocycles. The Kier molecular flexibility index (Phi) is 5.84. The Morgan fingerprint density at radius 2 is 1.81 bits per heavy atom. The van der Waals surface area contributed by atoms with Crippen LogP contribution in [0, 0.1) is 6.92 Å². The van der Waals surface area contributed by atoms with Crippen molar-refractivity contribution in [3.05, 3.63) is 57.8 Å². The van der Waals surface area contributed by atoms with E-state index in [0.29, 0.717) is 5.69 Å². The lowest BCUT2D eigenvalue weighted by molar-refractivity contribution is -0.116. The van der Waals surface area contributed by atoms with E-state index in [0.717, 1.165) is 4.57 Å². The molecule has 0 saturated heterocycles. The van der Waals surface area contributed by atoms with Crippen LogP contribution in [0.15, 0.2) is 35.4 Å². The molecule has 1 aromatic carbocycles. The Morgan fingerprint density at radius 3 is 2.42 bits per heavy atom. The van der Waals surface area contributed by atoms with E-state index in [1.165, 1.54) is 44.8 Å². The van der Waals surface area contributed by atoms with E-state index in [4.69, 9.17) is 0 Å². The number of hydrogen-bond donors (Lipinski definition) is 1. The fourth-order valence-electron chi connectivity index (χ4n) is 2.16. The quantitative estimate of drug-likeness (QED) is 0.784. The number of rotatable bonds is 5. The first-order valence-electron chi connectivity index (χ1n) is 7.49. The summed E-state index contributed by atoms with van der Waals surface area (Å²) in [5.74, 6) is -1.90. The van der Waals surface area contributed by atoms with Crippen molar-refractivity contribution in [2.75, 3.05) is 19.5 Å². The Hall–Kier alpha value is -3.49. The second-order valence-electron chi connectivity index (χ2n) is 5.29. The van der Waals surface area contributed by atoms with E-state index < -0.39 is 17.8 Å². The van der Waals surface area contributed by atoms with Crippen LogP contribution in [0.5, 0.6) is 0 Å². The lowest BCUT2D eigenvalue weighted by Gasteiger charge is -2.12. The normalized spacial score (nSPS) is 10.1. The van der Waals surface area contributed by atoms with E-state index >= 15 is 0 Å². The van der Waals surface area contributed by atoms with Crippen molar-refractivity contribution in [2.24, 2.45) is 0 Å². The lowest BCUT2D eigenvalue weighted by Crippen LogP contribution is -2.28. The van der Waals surface area contributed by atoms with Gasteiger partial charge in [0.05, 0.1) is 37.4 Å². The summed E-state index contributed by atoms with van der Waals surface area (Å²) in [6.07, 6.45) is 1.25. The number of hydrogen-bond acceptors (Lipinski definition) is 7. The van der Waals surface area contributed by atoms with Crippen LogP contribution in [0.4, 0.5) is 5.69 Å². The number of ether oxygens (including phenoxy) is 2. The predicted octanol–water partition coefficient (Wildman–Crippen LogP) is 0.764. The average molecular weight is 359 g/mol. The van der Waals surface area contributed by atoms with Gasteiger partial charge in [0.1, 0.15) is 6.54 Å². The van der Waals surface area contributed by atoms with E-state index in [9.17, 15) is 19.2 Å². The molecule has 1 amide bonds. The molecule has 9 nitrogen and oxygen atoms in total. The average Bonchev–Trinajstić information content (AvgIpc) is 2.62. The molecule has 26 heavy (non-hydrogen) atoms. The van der Waals surface area contributed by atoms with Crippen molar-refractivity contribution in [1.29, 1.82) is 0 Å². The van der Waals surface area contributed by atoms with E-state index in [-0.39, 0.29) is 28.9 Å². The van der Waals surface area contributed by atoms with Crippen LogP contribution in [0.25, 0.3) is 0 Å². The standard InChI is InChI=1S/C17H17N3O6/c1-10-6-15(22)20(9-18-10)8-14(21)19-13-7-11(16(23)25-2)4-5-12(13)17(24)26-3/h4-7,9H,8H2,1-3H3,(H,19,21). The third-order valence-corrected chi connectivity index (χ3v) is 3.45.